The maximum absolute atomic E-state index is 9.62. The fourth-order valence-corrected chi connectivity index (χ4v) is 3.07. The Balaban J connectivity index is 1.71. The quantitative estimate of drug-likeness (QED) is 0.908. The highest BCUT2D eigenvalue weighted by Crippen LogP contribution is 2.28. The Morgan fingerprint density at radius 2 is 2.10 bits per heavy atom. The highest BCUT2D eigenvalue weighted by Gasteiger charge is 2.19. The summed E-state index contributed by atoms with van der Waals surface area (Å²) in [5.41, 5.74) is 2.36. The van der Waals surface area contributed by atoms with Gasteiger partial charge in [-0.05, 0) is 25.0 Å². The Hall–Kier alpha value is -1.59. The zero-order valence-corrected chi connectivity index (χ0v) is 12.1. The van der Waals surface area contributed by atoms with Crippen LogP contribution in [0.15, 0.2) is 35.8 Å². The van der Waals surface area contributed by atoms with Crippen LogP contribution < -0.4 is 10.2 Å². The summed E-state index contributed by atoms with van der Waals surface area (Å²) in [6, 6.07) is 8.36. The molecule has 1 fully saturated rings. The van der Waals surface area contributed by atoms with Gasteiger partial charge < -0.3 is 15.3 Å². The van der Waals surface area contributed by atoms with Crippen LogP contribution in [0.3, 0.4) is 0 Å². The third-order valence-corrected chi connectivity index (χ3v) is 4.40. The van der Waals surface area contributed by atoms with Gasteiger partial charge in [-0.3, -0.25) is 0 Å². The van der Waals surface area contributed by atoms with E-state index in [2.05, 4.69) is 33.4 Å². The number of aromatic nitrogens is 1. The summed E-state index contributed by atoms with van der Waals surface area (Å²) in [6.07, 6.45) is 3.39. The summed E-state index contributed by atoms with van der Waals surface area (Å²) in [4.78, 5) is 6.64. The van der Waals surface area contributed by atoms with Crippen LogP contribution in [0.25, 0.3) is 0 Å². The van der Waals surface area contributed by atoms with E-state index in [4.69, 9.17) is 0 Å². The number of anilines is 2. The molecule has 0 amide bonds. The minimum atomic E-state index is -0.137. The normalized spacial score (nSPS) is 16.4. The van der Waals surface area contributed by atoms with Gasteiger partial charge in [0.2, 0.25) is 0 Å². The zero-order valence-electron chi connectivity index (χ0n) is 11.3. The van der Waals surface area contributed by atoms with Crippen LogP contribution >= 0.6 is 11.3 Å². The van der Waals surface area contributed by atoms with Crippen LogP contribution in [0.4, 0.5) is 11.4 Å². The lowest BCUT2D eigenvalue weighted by Gasteiger charge is -2.32. The highest BCUT2D eigenvalue weighted by molar-refractivity contribution is 7.09. The molecular weight excluding hydrogens is 270 g/mol. The molecule has 0 spiro atoms. The van der Waals surface area contributed by atoms with Crippen molar-refractivity contribution in [2.24, 2.45) is 0 Å². The Bertz CT molecular complexity index is 536. The summed E-state index contributed by atoms with van der Waals surface area (Å²) in [7, 11) is 0. The van der Waals surface area contributed by atoms with Gasteiger partial charge >= 0.3 is 0 Å². The van der Waals surface area contributed by atoms with Crippen molar-refractivity contribution in [3.63, 3.8) is 0 Å². The van der Waals surface area contributed by atoms with E-state index in [1.165, 1.54) is 5.69 Å². The number of aliphatic hydroxyl groups excluding tert-OH is 1. The molecule has 1 aliphatic heterocycles. The molecule has 4 nitrogen and oxygen atoms in total. The fourth-order valence-electron chi connectivity index (χ4n) is 2.52. The van der Waals surface area contributed by atoms with Crippen LogP contribution in [-0.2, 0) is 6.54 Å². The van der Waals surface area contributed by atoms with Crippen molar-refractivity contribution < 1.29 is 5.11 Å². The van der Waals surface area contributed by atoms with Crippen molar-refractivity contribution in [3.05, 3.63) is 40.8 Å². The molecule has 0 saturated carbocycles. The second-order valence-electron chi connectivity index (χ2n) is 5.01. The maximum Gasteiger partial charge on any atom is 0.112 e. The Labute approximate surface area is 123 Å². The third kappa shape index (κ3) is 3.11. The van der Waals surface area contributed by atoms with E-state index in [9.17, 15) is 5.11 Å². The fraction of sp³-hybridized carbons (Fsp3) is 0.400. The summed E-state index contributed by atoms with van der Waals surface area (Å²) in [5, 5.41) is 16.2. The molecule has 2 N–H and O–H groups in total. The summed E-state index contributed by atoms with van der Waals surface area (Å²) in [6.45, 7) is 2.58. The predicted octanol–water partition coefficient (Wildman–Crippen LogP) is 2.72. The number of thiazole rings is 1. The van der Waals surface area contributed by atoms with Gasteiger partial charge in [-0.1, -0.05) is 12.1 Å². The number of hydrogen-bond acceptors (Lipinski definition) is 5. The smallest absolute Gasteiger partial charge is 0.112 e. The second kappa shape index (κ2) is 6.24. The molecule has 1 aromatic heterocycles. The molecule has 5 heteroatoms. The Morgan fingerprint density at radius 3 is 2.85 bits per heavy atom. The molecule has 0 unspecified atom stereocenters. The van der Waals surface area contributed by atoms with Crippen molar-refractivity contribution in [2.75, 3.05) is 23.3 Å². The lowest BCUT2D eigenvalue weighted by atomic mass is 10.1. The molecule has 1 saturated heterocycles. The molecule has 0 bridgehead atoms. The number of para-hydroxylation sites is 2. The Kier molecular flexibility index (Phi) is 4.18. The van der Waals surface area contributed by atoms with E-state index in [-0.39, 0.29) is 6.10 Å². The van der Waals surface area contributed by atoms with E-state index in [1.54, 1.807) is 11.3 Å². The third-order valence-electron chi connectivity index (χ3n) is 3.62. The first-order valence-electron chi connectivity index (χ1n) is 6.97. The number of nitrogens with one attached hydrogen (secondary N) is 1. The van der Waals surface area contributed by atoms with Crippen molar-refractivity contribution in [2.45, 2.75) is 25.5 Å². The van der Waals surface area contributed by atoms with Crippen LogP contribution in [0.5, 0.6) is 0 Å². The van der Waals surface area contributed by atoms with Crippen LogP contribution in [0, 0.1) is 0 Å². The van der Waals surface area contributed by atoms with Gasteiger partial charge in [-0.15, -0.1) is 11.3 Å². The lowest BCUT2D eigenvalue weighted by Crippen LogP contribution is -2.36. The van der Waals surface area contributed by atoms with E-state index < -0.39 is 0 Å². The first kappa shape index (κ1) is 13.4. The minimum absolute atomic E-state index is 0.137. The van der Waals surface area contributed by atoms with Gasteiger partial charge in [-0.25, -0.2) is 4.98 Å². The largest absolute Gasteiger partial charge is 0.393 e. The van der Waals surface area contributed by atoms with Gasteiger partial charge in [-0.2, -0.15) is 0 Å². The molecule has 0 radical (unpaired) electrons. The number of aliphatic hydroxyl groups is 1. The van der Waals surface area contributed by atoms with Crippen molar-refractivity contribution in [1.82, 2.24) is 4.98 Å². The molecule has 2 aromatic rings. The molecule has 0 aliphatic carbocycles. The minimum Gasteiger partial charge on any atom is -0.393 e. The van der Waals surface area contributed by atoms with E-state index in [0.717, 1.165) is 43.2 Å². The SMILES string of the molecule is OC1CCN(c2ccccc2NCc2nccs2)CC1. The molecule has 0 atom stereocenters. The number of benzene rings is 1. The molecule has 20 heavy (non-hydrogen) atoms. The summed E-state index contributed by atoms with van der Waals surface area (Å²) in [5.74, 6) is 0. The highest BCUT2D eigenvalue weighted by atomic mass is 32.1. The number of hydrogen-bond donors (Lipinski definition) is 2. The van der Waals surface area contributed by atoms with Gasteiger partial charge in [0.05, 0.1) is 24.0 Å². The average molecular weight is 289 g/mol. The van der Waals surface area contributed by atoms with Crippen LogP contribution in [-0.4, -0.2) is 29.3 Å². The van der Waals surface area contributed by atoms with Gasteiger partial charge in [0, 0.05) is 24.7 Å². The predicted molar refractivity (Wildman–Crippen MR) is 83.3 cm³/mol. The molecule has 106 valence electrons. The van der Waals surface area contributed by atoms with E-state index in [1.807, 2.05) is 17.6 Å². The first-order valence-corrected chi connectivity index (χ1v) is 7.85. The molecular formula is C15H19N3OS. The molecule has 2 heterocycles. The summed E-state index contributed by atoms with van der Waals surface area (Å²) < 4.78 is 0. The monoisotopic (exact) mass is 289 g/mol. The summed E-state index contributed by atoms with van der Waals surface area (Å²) >= 11 is 1.66. The van der Waals surface area contributed by atoms with Crippen molar-refractivity contribution in [1.29, 1.82) is 0 Å². The molecule has 3 rings (SSSR count). The van der Waals surface area contributed by atoms with Crippen LogP contribution in [0.1, 0.15) is 17.8 Å². The van der Waals surface area contributed by atoms with Crippen molar-refractivity contribution >= 4 is 22.7 Å². The molecule has 1 aromatic carbocycles. The number of rotatable bonds is 4. The number of piperidine rings is 1. The van der Waals surface area contributed by atoms with E-state index in [0.29, 0.717) is 0 Å². The maximum atomic E-state index is 9.62. The van der Waals surface area contributed by atoms with E-state index >= 15 is 0 Å². The first-order chi connectivity index (χ1) is 9.83. The van der Waals surface area contributed by atoms with Crippen molar-refractivity contribution in [3.8, 4) is 0 Å². The van der Waals surface area contributed by atoms with Crippen LogP contribution in [0.2, 0.25) is 0 Å². The second-order valence-corrected chi connectivity index (χ2v) is 5.99. The Morgan fingerprint density at radius 1 is 1.30 bits per heavy atom. The van der Waals surface area contributed by atoms with Gasteiger partial charge in [0.15, 0.2) is 0 Å². The molecule has 1 aliphatic rings. The lowest BCUT2D eigenvalue weighted by molar-refractivity contribution is 0.145. The number of nitrogens with zero attached hydrogens (tertiary/aromatic N) is 2. The van der Waals surface area contributed by atoms with Gasteiger partial charge in [0.1, 0.15) is 5.01 Å². The standard InChI is InChI=1S/C15H19N3OS/c19-12-5-8-18(9-6-12)14-4-2-1-3-13(14)17-11-15-16-7-10-20-15/h1-4,7,10,12,17,19H,5-6,8-9,11H2. The van der Waals surface area contributed by atoms with Gasteiger partial charge in [0.25, 0.3) is 0 Å². The average Bonchev–Trinajstić information content (AvgIpc) is 3.00. The zero-order chi connectivity index (χ0) is 13.8. The topological polar surface area (TPSA) is 48.4 Å².